The Balaban J connectivity index is 1.68. The second kappa shape index (κ2) is 40.2. The largest absolute Gasteiger partial charge is 0.492 e. The van der Waals surface area contributed by atoms with Crippen molar-refractivity contribution >= 4 is 0 Å². The maximum Gasteiger partial charge on any atom is 0.136 e. The van der Waals surface area contributed by atoms with Crippen LogP contribution in [0.15, 0.2) is 85.5 Å². The van der Waals surface area contributed by atoms with Gasteiger partial charge in [-0.05, 0) is 62.8 Å². The molecule has 0 radical (unpaired) electrons. The third-order valence-corrected chi connectivity index (χ3v) is 13.5. The molecular weight excluding hydrogens is 989 g/mol. The Morgan fingerprint density at radius 2 is 0.438 bits per heavy atom. The molecule has 0 N–H and O–H groups in total. The molecule has 2 heterocycles. The number of aromatic nitrogens is 2. The van der Waals surface area contributed by atoms with Crippen LogP contribution in [0.5, 0.6) is 34.5 Å². The van der Waals surface area contributed by atoms with Crippen LogP contribution in [0, 0.1) is 47.4 Å². The molecule has 0 saturated heterocycles. The number of hydrogen-bond donors (Lipinski definition) is 0. The van der Waals surface area contributed by atoms with E-state index < -0.39 is 0 Å². The lowest BCUT2D eigenvalue weighted by Crippen LogP contribution is -2.04. The highest BCUT2D eigenvalue weighted by atomic mass is 16.5. The molecule has 0 saturated carbocycles. The van der Waals surface area contributed by atoms with Crippen molar-refractivity contribution in [2.75, 3.05) is 39.6 Å². The molecule has 8 nitrogen and oxygen atoms in total. The second-order valence-electron chi connectivity index (χ2n) is 20.5. The second-order valence-corrected chi connectivity index (χ2v) is 20.5. The first-order valence-electron chi connectivity index (χ1n) is 30.7. The van der Waals surface area contributed by atoms with Gasteiger partial charge in [-0.2, -0.15) is 0 Å². The van der Waals surface area contributed by atoms with Crippen molar-refractivity contribution in [2.45, 2.75) is 196 Å². The quantitative estimate of drug-likeness (QED) is 0.0290. The van der Waals surface area contributed by atoms with Crippen LogP contribution in [0.3, 0.4) is 0 Å². The maximum atomic E-state index is 6.72. The molecular formula is C72H92N2O6. The van der Waals surface area contributed by atoms with Crippen LogP contribution >= 0.6 is 0 Å². The van der Waals surface area contributed by atoms with Crippen LogP contribution < -0.4 is 28.4 Å². The van der Waals surface area contributed by atoms with Gasteiger partial charge in [0, 0.05) is 72.3 Å². The summed E-state index contributed by atoms with van der Waals surface area (Å²) in [5.41, 5.74) is 6.11. The van der Waals surface area contributed by atoms with Gasteiger partial charge in [0.25, 0.3) is 0 Å². The molecule has 5 rings (SSSR count). The summed E-state index contributed by atoms with van der Waals surface area (Å²) in [6, 6.07) is 19.7. The summed E-state index contributed by atoms with van der Waals surface area (Å²) in [6.45, 7) is 16.7. The highest BCUT2D eigenvalue weighted by Crippen LogP contribution is 2.34. The first-order chi connectivity index (χ1) is 39.5. The first kappa shape index (κ1) is 63.8. The summed E-state index contributed by atoms with van der Waals surface area (Å²) in [7, 11) is 0. The molecule has 0 aliphatic rings. The maximum absolute atomic E-state index is 6.72. The minimum absolute atomic E-state index is 0.544. The van der Waals surface area contributed by atoms with Gasteiger partial charge in [0.2, 0.25) is 0 Å². The molecule has 80 heavy (non-hydrogen) atoms. The number of unbranched alkanes of at least 4 members (excludes halogenated alkanes) is 18. The monoisotopic (exact) mass is 1080 g/mol. The molecule has 0 atom stereocenters. The van der Waals surface area contributed by atoms with E-state index in [2.05, 4.69) is 98.9 Å². The molecule has 0 spiro atoms. The van der Waals surface area contributed by atoms with Gasteiger partial charge in [-0.25, -0.2) is 0 Å². The van der Waals surface area contributed by atoms with Crippen LogP contribution in [0.1, 0.15) is 240 Å². The molecule has 426 valence electrons. The zero-order valence-electron chi connectivity index (χ0n) is 49.6. The summed E-state index contributed by atoms with van der Waals surface area (Å²) in [4.78, 5) is 8.37. The minimum atomic E-state index is 0.544. The van der Waals surface area contributed by atoms with Gasteiger partial charge in [-0.1, -0.05) is 204 Å². The van der Waals surface area contributed by atoms with Crippen molar-refractivity contribution in [3.8, 4) is 81.9 Å². The Hall–Kier alpha value is -7.00. The van der Waals surface area contributed by atoms with Crippen molar-refractivity contribution in [1.82, 2.24) is 9.97 Å². The Morgan fingerprint density at radius 3 is 0.625 bits per heavy atom. The van der Waals surface area contributed by atoms with E-state index in [9.17, 15) is 0 Å². The Morgan fingerprint density at radius 1 is 0.250 bits per heavy atom. The van der Waals surface area contributed by atoms with Crippen LogP contribution in [0.2, 0.25) is 0 Å². The highest BCUT2D eigenvalue weighted by Gasteiger charge is 2.16. The summed E-state index contributed by atoms with van der Waals surface area (Å²) in [5, 5.41) is 0. The molecule has 0 fully saturated rings. The van der Waals surface area contributed by atoms with Gasteiger partial charge in [0.05, 0.1) is 73.0 Å². The smallest absolute Gasteiger partial charge is 0.136 e. The third kappa shape index (κ3) is 24.6. The number of hydrogen-bond acceptors (Lipinski definition) is 8. The lowest BCUT2D eigenvalue weighted by molar-refractivity contribution is 0.295. The Labute approximate surface area is 483 Å². The SMILES string of the molecule is CCCCCCOc1cc(C#Cc2cc(OCCCCCC)c(C#Cc3cc(OCCCCCC)c(C#Cc4ccncc4)cc3OCCCCCC)cc2OCCCCCC)c(OCCCCCC)cc1C#Cc1ccncc1. The fourth-order valence-electron chi connectivity index (χ4n) is 8.67. The van der Waals surface area contributed by atoms with Crippen LogP contribution in [0.25, 0.3) is 0 Å². The van der Waals surface area contributed by atoms with Gasteiger partial charge in [-0.3, -0.25) is 9.97 Å². The molecule has 3 aromatic carbocycles. The molecule has 0 aliphatic carbocycles. The molecule has 2 aromatic heterocycles. The van der Waals surface area contributed by atoms with Crippen molar-refractivity contribution in [1.29, 1.82) is 0 Å². The fourth-order valence-corrected chi connectivity index (χ4v) is 8.67. The molecule has 0 unspecified atom stereocenters. The first-order valence-corrected chi connectivity index (χ1v) is 30.7. The third-order valence-electron chi connectivity index (χ3n) is 13.5. The van der Waals surface area contributed by atoms with Crippen molar-refractivity contribution < 1.29 is 28.4 Å². The van der Waals surface area contributed by atoms with E-state index in [-0.39, 0.29) is 0 Å². The topological polar surface area (TPSA) is 81.2 Å². The van der Waals surface area contributed by atoms with E-state index >= 15 is 0 Å². The van der Waals surface area contributed by atoms with E-state index in [1.165, 1.54) is 0 Å². The normalized spacial score (nSPS) is 10.5. The van der Waals surface area contributed by atoms with E-state index in [0.29, 0.717) is 85.3 Å². The summed E-state index contributed by atoms with van der Waals surface area (Å²) >= 11 is 0. The standard InChI is InChI=1S/C72H92N2O6/c1-7-13-19-25-47-75-67-55-63(69(77-49-27-21-15-9-3)53-61(67)33-31-59-39-43-73-44-40-59)35-37-65-57-72(80-52-30-24-18-12-6)66(58-71(65)79-51-29-23-17-11-5)38-36-64-56-68(76-48-26-20-14-8-2)62(34-32-60-41-45-74-46-42-60)54-70(64)78-50-28-22-16-10-4/h39-46,53-58H,7-30,47-52H2,1-6H3. The molecule has 0 amide bonds. The average molecular weight is 1080 g/mol. The Bertz CT molecular complexity index is 2600. The van der Waals surface area contributed by atoms with E-state index in [1.54, 1.807) is 24.8 Å². The zero-order valence-corrected chi connectivity index (χ0v) is 49.6. The number of pyridine rings is 2. The number of rotatable bonds is 36. The predicted octanol–water partition coefficient (Wildman–Crippen LogP) is 17.8. The van der Waals surface area contributed by atoms with Crippen molar-refractivity contribution in [3.63, 3.8) is 0 Å². The zero-order chi connectivity index (χ0) is 56.5. The van der Waals surface area contributed by atoms with Crippen LogP contribution in [-0.4, -0.2) is 49.6 Å². The number of ether oxygens (including phenoxy) is 6. The van der Waals surface area contributed by atoms with Gasteiger partial charge < -0.3 is 28.4 Å². The fraction of sp³-hybridized carbons (Fsp3) is 0.500. The van der Waals surface area contributed by atoms with Gasteiger partial charge in [0.15, 0.2) is 0 Å². The van der Waals surface area contributed by atoms with Crippen LogP contribution in [0.4, 0.5) is 0 Å². The lowest BCUT2D eigenvalue weighted by Gasteiger charge is -2.15. The molecule has 8 heteroatoms. The molecule has 0 bridgehead atoms. The molecule has 0 aliphatic heterocycles. The van der Waals surface area contributed by atoms with E-state index in [1.807, 2.05) is 60.7 Å². The van der Waals surface area contributed by atoms with Crippen molar-refractivity contribution in [3.05, 3.63) is 130 Å². The predicted molar refractivity (Wildman–Crippen MR) is 330 cm³/mol. The van der Waals surface area contributed by atoms with E-state index in [4.69, 9.17) is 28.4 Å². The van der Waals surface area contributed by atoms with Gasteiger partial charge in [-0.15, -0.1) is 0 Å². The summed E-state index contributed by atoms with van der Waals surface area (Å²) in [5.74, 6) is 31.7. The van der Waals surface area contributed by atoms with Gasteiger partial charge >= 0.3 is 0 Å². The molecule has 5 aromatic rings. The minimum Gasteiger partial charge on any atom is -0.492 e. The average Bonchev–Trinajstić information content (AvgIpc) is 3.49. The van der Waals surface area contributed by atoms with Gasteiger partial charge in [0.1, 0.15) is 34.5 Å². The lowest BCUT2D eigenvalue weighted by atomic mass is 10.0. The Kier molecular flexibility index (Phi) is 32.1. The van der Waals surface area contributed by atoms with E-state index in [0.717, 1.165) is 187 Å². The number of nitrogens with zero attached hydrogens (tertiary/aromatic N) is 2. The van der Waals surface area contributed by atoms with Crippen LogP contribution in [-0.2, 0) is 0 Å². The summed E-state index contributed by atoms with van der Waals surface area (Å²) in [6.07, 6.45) is 33.0. The number of benzene rings is 3. The highest BCUT2D eigenvalue weighted by molar-refractivity contribution is 5.65. The van der Waals surface area contributed by atoms with Crippen molar-refractivity contribution in [2.24, 2.45) is 0 Å². The summed E-state index contributed by atoms with van der Waals surface area (Å²) < 4.78 is 39.8.